The fraction of sp³-hybridized carbons (Fsp3) is 0.357. The van der Waals surface area contributed by atoms with E-state index in [1.54, 1.807) is 6.08 Å². The highest BCUT2D eigenvalue weighted by Crippen LogP contribution is 2.28. The van der Waals surface area contributed by atoms with Gasteiger partial charge in [-0.1, -0.05) is 42.5 Å². The molecule has 2 rings (SSSR count). The number of hydrogen-bond donors (Lipinski definition) is 4. The summed E-state index contributed by atoms with van der Waals surface area (Å²) in [5, 5.41) is 35.5. The number of rotatable bonds is 15. The van der Waals surface area contributed by atoms with Gasteiger partial charge >= 0.3 is 11.9 Å². The van der Waals surface area contributed by atoms with Gasteiger partial charge in [0.2, 0.25) is 0 Å². The van der Waals surface area contributed by atoms with E-state index in [-0.39, 0.29) is 5.78 Å². The number of carboxylic acid groups (broad SMARTS) is 3. The van der Waals surface area contributed by atoms with Gasteiger partial charge in [-0.05, 0) is 37.6 Å². The van der Waals surface area contributed by atoms with Gasteiger partial charge in [0.05, 0.1) is 31.9 Å². The highest BCUT2D eigenvalue weighted by Gasteiger charge is 2.34. The molecule has 0 saturated heterocycles. The van der Waals surface area contributed by atoms with Crippen LogP contribution in [0.15, 0.2) is 60.4 Å². The van der Waals surface area contributed by atoms with Crippen LogP contribution in [0.25, 0.3) is 6.08 Å². The second kappa shape index (κ2) is 16.6. The number of carbonyl (C=O) groups excluding carboxylic acids is 2. The lowest BCUT2D eigenvalue weighted by atomic mass is 9.96. The lowest BCUT2D eigenvalue weighted by Gasteiger charge is -2.25. The van der Waals surface area contributed by atoms with E-state index in [9.17, 15) is 24.3 Å². The summed E-state index contributed by atoms with van der Waals surface area (Å²) in [7, 11) is 0. The highest BCUT2D eigenvalue weighted by atomic mass is 16.5. The van der Waals surface area contributed by atoms with Gasteiger partial charge < -0.3 is 39.6 Å². The number of aliphatic hydroxyl groups is 1. The molecule has 39 heavy (non-hydrogen) atoms. The number of para-hydroxylation sites is 2. The predicted octanol–water partition coefficient (Wildman–Crippen LogP) is 0.416. The number of Topliss-reactive ketones (excluding diaryl/α,β-unsaturated/α-hetero) is 1. The maximum absolute atomic E-state index is 12.0. The Bertz CT molecular complexity index is 1110. The summed E-state index contributed by atoms with van der Waals surface area (Å²) >= 11 is 0. The van der Waals surface area contributed by atoms with E-state index >= 15 is 0 Å². The van der Waals surface area contributed by atoms with E-state index in [1.165, 1.54) is 11.8 Å². The van der Waals surface area contributed by atoms with Gasteiger partial charge in [0.1, 0.15) is 18.8 Å². The zero-order valence-electron chi connectivity index (χ0n) is 22.2. The molecule has 0 aromatic heterocycles. The van der Waals surface area contributed by atoms with Crippen LogP contribution >= 0.6 is 0 Å². The molecule has 212 valence electrons. The normalized spacial score (nSPS) is 11.3. The predicted molar refractivity (Wildman–Crippen MR) is 139 cm³/mol. The van der Waals surface area contributed by atoms with Crippen LogP contribution in [0.4, 0.5) is 0 Å². The Balaban J connectivity index is 0.000000495. The molecular formula is C28H35NO10. The largest absolute Gasteiger partial charge is 0.547 e. The minimum atomic E-state index is -2.85. The summed E-state index contributed by atoms with van der Waals surface area (Å²) in [6.07, 6.45) is -0.664. The standard InChI is InChI=1S/C22H27NO3.C6H8O7/c1-4-23(5-2)15-16-25-20-13-9-10-14-21(20)26-22(18(3)24)17-19-11-7-6-8-12-19;7-3(8)1-6(13,5(11)12)2-4(9)10/h6-14,17H,4-5,15-16H2,1-3H3;13H,1-2H2,(H,7,8)(H,9,10)(H,11,12)/b22-17-;. The molecular weight excluding hydrogens is 510 g/mol. The Kier molecular flexibility index (Phi) is 14.0. The average molecular weight is 546 g/mol. The number of allylic oxidation sites excluding steroid dienone is 1. The Morgan fingerprint density at radius 2 is 1.41 bits per heavy atom. The molecule has 11 heteroatoms. The van der Waals surface area contributed by atoms with Gasteiger partial charge in [-0.2, -0.15) is 0 Å². The molecule has 0 radical (unpaired) electrons. The molecule has 0 saturated carbocycles. The van der Waals surface area contributed by atoms with Gasteiger partial charge in [0.15, 0.2) is 23.0 Å². The van der Waals surface area contributed by atoms with Crippen LogP contribution in [0.3, 0.4) is 0 Å². The summed E-state index contributed by atoms with van der Waals surface area (Å²) in [4.78, 5) is 43.8. The maximum Gasteiger partial charge on any atom is 0.306 e. The molecule has 0 fully saturated rings. The molecule has 2 aromatic carbocycles. The van der Waals surface area contributed by atoms with Gasteiger partial charge in [-0.15, -0.1) is 0 Å². The second-order valence-electron chi connectivity index (χ2n) is 8.54. The first-order valence-electron chi connectivity index (χ1n) is 12.3. The lowest BCUT2D eigenvalue weighted by Crippen LogP contribution is -3.12. The van der Waals surface area contributed by atoms with E-state index in [0.717, 1.165) is 25.2 Å². The Morgan fingerprint density at radius 3 is 1.87 bits per heavy atom. The molecule has 0 spiro atoms. The minimum absolute atomic E-state index is 0.128. The zero-order valence-corrected chi connectivity index (χ0v) is 22.2. The third kappa shape index (κ3) is 12.2. The van der Waals surface area contributed by atoms with E-state index in [4.69, 9.17) is 24.8 Å². The number of benzene rings is 2. The second-order valence-corrected chi connectivity index (χ2v) is 8.54. The summed E-state index contributed by atoms with van der Waals surface area (Å²) in [6, 6.07) is 17.1. The minimum Gasteiger partial charge on any atom is -0.547 e. The van der Waals surface area contributed by atoms with Gasteiger partial charge in [0, 0.05) is 6.92 Å². The summed E-state index contributed by atoms with van der Waals surface area (Å²) in [5.74, 6) is -3.98. The SMILES string of the molecule is CC[NH+](CC)CCOc1ccccc1O/C(=C\c1ccccc1)C(C)=O.O=C(O)CC(O)(CC(=O)O)C(=O)[O-]. The van der Waals surface area contributed by atoms with Gasteiger partial charge in [0.25, 0.3) is 0 Å². The third-order valence-electron chi connectivity index (χ3n) is 5.49. The van der Waals surface area contributed by atoms with E-state index in [2.05, 4.69) is 13.8 Å². The first kappa shape index (κ1) is 32.8. The molecule has 11 nitrogen and oxygen atoms in total. The molecule has 0 aliphatic carbocycles. The van der Waals surface area contributed by atoms with E-state index < -0.39 is 36.4 Å². The smallest absolute Gasteiger partial charge is 0.306 e. The van der Waals surface area contributed by atoms with Crippen molar-refractivity contribution in [2.45, 2.75) is 39.2 Å². The monoisotopic (exact) mass is 545 g/mol. The lowest BCUT2D eigenvalue weighted by molar-refractivity contribution is -0.896. The van der Waals surface area contributed by atoms with Crippen LogP contribution in [0.5, 0.6) is 11.5 Å². The summed E-state index contributed by atoms with van der Waals surface area (Å²) < 4.78 is 11.8. The number of likely N-dealkylation sites (N-methyl/N-ethyl adjacent to an activating group) is 1. The van der Waals surface area contributed by atoms with Crippen LogP contribution in [-0.2, 0) is 19.2 Å². The molecule has 4 N–H and O–H groups in total. The number of quaternary nitrogens is 1. The first-order chi connectivity index (χ1) is 18.4. The van der Waals surface area contributed by atoms with Gasteiger partial charge in [-0.3, -0.25) is 14.4 Å². The summed E-state index contributed by atoms with van der Waals surface area (Å²) in [5.41, 5.74) is -1.93. The number of ether oxygens (including phenoxy) is 2. The maximum atomic E-state index is 12.0. The van der Waals surface area contributed by atoms with Crippen LogP contribution in [0, 0.1) is 0 Å². The first-order valence-corrected chi connectivity index (χ1v) is 12.3. The Morgan fingerprint density at radius 1 is 0.897 bits per heavy atom. The third-order valence-corrected chi connectivity index (χ3v) is 5.49. The number of nitrogens with one attached hydrogen (secondary N) is 1. The molecule has 0 aliphatic heterocycles. The molecule has 0 bridgehead atoms. The van der Waals surface area contributed by atoms with E-state index in [1.807, 2.05) is 54.6 Å². The quantitative estimate of drug-likeness (QED) is 0.181. The molecule has 0 atom stereocenters. The van der Waals surface area contributed by atoms with E-state index in [0.29, 0.717) is 23.9 Å². The average Bonchev–Trinajstić information content (AvgIpc) is 2.87. The topological polar surface area (TPSA) is 175 Å². The van der Waals surface area contributed by atoms with Crippen molar-refractivity contribution in [2.75, 3.05) is 26.2 Å². The molecule has 0 amide bonds. The van der Waals surface area contributed by atoms with Crippen LogP contribution in [0.1, 0.15) is 39.2 Å². The molecule has 0 aliphatic rings. The Labute approximate surface area is 226 Å². The number of aliphatic carboxylic acids is 3. The van der Waals surface area contributed by atoms with Crippen molar-refractivity contribution < 1.29 is 54.0 Å². The number of hydrogen-bond acceptors (Lipinski definition) is 8. The van der Waals surface area contributed by atoms with Gasteiger partial charge in [-0.25, -0.2) is 0 Å². The van der Waals surface area contributed by atoms with Crippen molar-refractivity contribution >= 4 is 29.8 Å². The van der Waals surface area contributed by atoms with Crippen molar-refractivity contribution in [1.29, 1.82) is 0 Å². The number of ketones is 1. The van der Waals surface area contributed by atoms with Crippen LogP contribution in [-0.4, -0.2) is 70.9 Å². The van der Waals surface area contributed by atoms with Crippen molar-refractivity contribution in [2.24, 2.45) is 0 Å². The molecule has 0 heterocycles. The molecule has 0 unspecified atom stereocenters. The van der Waals surface area contributed by atoms with Crippen molar-refractivity contribution in [1.82, 2.24) is 0 Å². The van der Waals surface area contributed by atoms with Crippen LogP contribution in [0.2, 0.25) is 0 Å². The van der Waals surface area contributed by atoms with Crippen molar-refractivity contribution in [3.63, 3.8) is 0 Å². The Hall–Kier alpha value is -4.22. The zero-order chi connectivity index (χ0) is 29.4. The number of carbonyl (C=O) groups is 4. The van der Waals surface area contributed by atoms with Crippen molar-refractivity contribution in [3.05, 3.63) is 65.9 Å². The van der Waals surface area contributed by atoms with Crippen molar-refractivity contribution in [3.8, 4) is 11.5 Å². The fourth-order valence-electron chi connectivity index (χ4n) is 3.29. The van der Waals surface area contributed by atoms with Crippen LogP contribution < -0.4 is 19.5 Å². The molecule has 2 aromatic rings. The fourth-order valence-corrected chi connectivity index (χ4v) is 3.29. The summed E-state index contributed by atoms with van der Waals surface area (Å²) in [6.45, 7) is 9.53. The number of carboxylic acids is 3. The highest BCUT2D eigenvalue weighted by molar-refractivity contribution is 5.96.